The zero-order chi connectivity index (χ0) is 15.1. The van der Waals surface area contributed by atoms with E-state index in [1.54, 1.807) is 11.3 Å². The van der Waals surface area contributed by atoms with Gasteiger partial charge in [-0.3, -0.25) is 9.89 Å². The quantitative estimate of drug-likeness (QED) is 0.924. The summed E-state index contributed by atoms with van der Waals surface area (Å²) in [5, 5.41) is 7.25. The van der Waals surface area contributed by atoms with Gasteiger partial charge in [0.15, 0.2) is 0 Å². The summed E-state index contributed by atoms with van der Waals surface area (Å²) in [6.45, 7) is 3.78. The van der Waals surface area contributed by atoms with Gasteiger partial charge in [0.25, 0.3) is 5.91 Å². The third-order valence-electron chi connectivity index (χ3n) is 4.94. The van der Waals surface area contributed by atoms with Crippen LogP contribution in [0.4, 0.5) is 0 Å². The zero-order valence-corrected chi connectivity index (χ0v) is 13.7. The fourth-order valence-electron chi connectivity index (χ4n) is 3.76. The van der Waals surface area contributed by atoms with Crippen LogP contribution in [0.1, 0.15) is 56.6 Å². The number of aromatic nitrogens is 2. The van der Waals surface area contributed by atoms with Crippen LogP contribution < -0.4 is 0 Å². The predicted octanol–water partition coefficient (Wildman–Crippen LogP) is 3.29. The second-order valence-corrected chi connectivity index (χ2v) is 7.61. The van der Waals surface area contributed by atoms with Gasteiger partial charge in [0, 0.05) is 29.6 Å². The first-order chi connectivity index (χ1) is 10.7. The lowest BCUT2D eigenvalue weighted by atomic mass is 9.93. The van der Waals surface area contributed by atoms with E-state index in [1.165, 1.54) is 28.1 Å². The second-order valence-electron chi connectivity index (χ2n) is 6.47. The SMILES string of the molecule is Cc1cn[nH]c1[C@H]1CCCN(C(=O)c2cc3c(s2)CCC3)C1. The molecule has 0 unspecified atom stereocenters. The fourth-order valence-corrected chi connectivity index (χ4v) is 4.98. The van der Waals surface area contributed by atoms with Crippen molar-refractivity contribution in [2.45, 2.75) is 44.9 Å². The van der Waals surface area contributed by atoms with Crippen molar-refractivity contribution < 1.29 is 4.79 Å². The maximum absolute atomic E-state index is 12.8. The largest absolute Gasteiger partial charge is 0.337 e. The normalized spacial score (nSPS) is 21.1. The lowest BCUT2D eigenvalue weighted by Gasteiger charge is -2.32. The Morgan fingerprint density at radius 3 is 3.09 bits per heavy atom. The minimum Gasteiger partial charge on any atom is -0.337 e. The van der Waals surface area contributed by atoms with Gasteiger partial charge >= 0.3 is 0 Å². The van der Waals surface area contributed by atoms with Crippen LogP contribution in [0.2, 0.25) is 0 Å². The third-order valence-corrected chi connectivity index (χ3v) is 6.17. The Kier molecular flexibility index (Phi) is 3.53. The van der Waals surface area contributed by atoms with Gasteiger partial charge in [-0.2, -0.15) is 5.10 Å². The standard InChI is InChI=1S/C17H21N3OS/c1-11-9-18-19-16(11)13-5-3-7-20(10-13)17(21)15-8-12-4-2-6-14(12)22-15/h8-9,13H,2-7,10H2,1H3,(H,18,19)/t13-/m0/s1. The average molecular weight is 315 g/mol. The number of aromatic amines is 1. The first-order valence-electron chi connectivity index (χ1n) is 8.13. The molecular formula is C17H21N3OS. The Bertz CT molecular complexity index is 681. The molecule has 2 aromatic heterocycles. The summed E-state index contributed by atoms with van der Waals surface area (Å²) in [7, 11) is 0. The Labute approximate surface area is 134 Å². The van der Waals surface area contributed by atoms with Crippen LogP contribution in [0, 0.1) is 6.92 Å². The summed E-state index contributed by atoms with van der Waals surface area (Å²) in [4.78, 5) is 17.2. The molecule has 22 heavy (non-hydrogen) atoms. The number of carbonyl (C=O) groups excluding carboxylic acids is 1. The van der Waals surface area contributed by atoms with E-state index in [9.17, 15) is 4.79 Å². The van der Waals surface area contributed by atoms with E-state index in [0.29, 0.717) is 5.92 Å². The van der Waals surface area contributed by atoms with Crippen molar-refractivity contribution in [3.8, 4) is 0 Å². The van der Waals surface area contributed by atoms with Crippen LogP contribution in [-0.4, -0.2) is 34.1 Å². The highest BCUT2D eigenvalue weighted by atomic mass is 32.1. The van der Waals surface area contributed by atoms with Gasteiger partial charge < -0.3 is 4.90 Å². The van der Waals surface area contributed by atoms with Gasteiger partial charge in [-0.15, -0.1) is 11.3 Å². The number of amides is 1. The fraction of sp³-hybridized carbons (Fsp3) is 0.529. The van der Waals surface area contributed by atoms with Gasteiger partial charge in [-0.25, -0.2) is 0 Å². The van der Waals surface area contributed by atoms with Crippen molar-refractivity contribution in [2.75, 3.05) is 13.1 Å². The van der Waals surface area contributed by atoms with Crippen molar-refractivity contribution >= 4 is 17.2 Å². The van der Waals surface area contributed by atoms with Gasteiger partial charge in [0.1, 0.15) is 0 Å². The predicted molar refractivity (Wildman–Crippen MR) is 87.5 cm³/mol. The zero-order valence-electron chi connectivity index (χ0n) is 12.9. The molecule has 1 aliphatic heterocycles. The first-order valence-corrected chi connectivity index (χ1v) is 8.95. The monoisotopic (exact) mass is 315 g/mol. The molecule has 5 heteroatoms. The van der Waals surface area contributed by atoms with E-state index in [2.05, 4.69) is 23.2 Å². The highest BCUT2D eigenvalue weighted by Crippen LogP contribution is 2.33. The molecule has 0 spiro atoms. The summed E-state index contributed by atoms with van der Waals surface area (Å²) in [5.41, 5.74) is 3.81. The van der Waals surface area contributed by atoms with Crippen molar-refractivity contribution in [3.05, 3.63) is 38.8 Å². The van der Waals surface area contributed by atoms with E-state index in [-0.39, 0.29) is 5.91 Å². The van der Waals surface area contributed by atoms with Crippen molar-refractivity contribution in [1.29, 1.82) is 0 Å². The van der Waals surface area contributed by atoms with E-state index in [4.69, 9.17) is 0 Å². The number of carbonyl (C=O) groups is 1. The van der Waals surface area contributed by atoms with Crippen LogP contribution in [0.25, 0.3) is 0 Å². The topological polar surface area (TPSA) is 49.0 Å². The molecule has 1 amide bonds. The molecule has 3 heterocycles. The van der Waals surface area contributed by atoms with Crippen LogP contribution in [0.15, 0.2) is 12.3 Å². The number of H-pyrrole nitrogens is 1. The molecule has 4 rings (SSSR count). The number of piperidine rings is 1. The lowest BCUT2D eigenvalue weighted by Crippen LogP contribution is -2.39. The first kappa shape index (κ1) is 14.0. The molecule has 0 bridgehead atoms. The number of rotatable bonds is 2. The van der Waals surface area contributed by atoms with Crippen molar-refractivity contribution in [1.82, 2.24) is 15.1 Å². The minimum absolute atomic E-state index is 0.223. The van der Waals surface area contributed by atoms with Crippen molar-refractivity contribution in [3.63, 3.8) is 0 Å². The molecule has 1 saturated heterocycles. The second kappa shape index (κ2) is 5.54. The molecule has 0 saturated carbocycles. The molecule has 1 fully saturated rings. The van der Waals surface area contributed by atoms with Crippen LogP contribution >= 0.6 is 11.3 Å². The van der Waals surface area contributed by atoms with E-state index in [1.807, 2.05) is 11.1 Å². The summed E-state index contributed by atoms with van der Waals surface area (Å²) in [6.07, 6.45) is 7.63. The molecule has 1 aliphatic carbocycles. The smallest absolute Gasteiger partial charge is 0.263 e. The number of nitrogens with one attached hydrogen (secondary N) is 1. The highest BCUT2D eigenvalue weighted by Gasteiger charge is 2.29. The molecule has 4 nitrogen and oxygen atoms in total. The van der Waals surface area contributed by atoms with Crippen LogP contribution in [0.5, 0.6) is 0 Å². The van der Waals surface area contributed by atoms with Gasteiger partial charge in [0.05, 0.1) is 11.1 Å². The van der Waals surface area contributed by atoms with E-state index >= 15 is 0 Å². The number of likely N-dealkylation sites (tertiary alicyclic amines) is 1. The Balaban J connectivity index is 1.52. The van der Waals surface area contributed by atoms with Crippen LogP contribution in [0.3, 0.4) is 0 Å². The maximum atomic E-state index is 12.8. The molecular weight excluding hydrogens is 294 g/mol. The number of hydrogen-bond acceptors (Lipinski definition) is 3. The summed E-state index contributed by atoms with van der Waals surface area (Å²) >= 11 is 1.71. The maximum Gasteiger partial charge on any atom is 0.263 e. The van der Waals surface area contributed by atoms with Gasteiger partial charge in [0.2, 0.25) is 0 Å². The van der Waals surface area contributed by atoms with Crippen LogP contribution in [-0.2, 0) is 12.8 Å². The number of nitrogens with zero attached hydrogens (tertiary/aromatic N) is 2. The summed E-state index contributed by atoms with van der Waals surface area (Å²) < 4.78 is 0. The Morgan fingerprint density at radius 2 is 2.32 bits per heavy atom. The lowest BCUT2D eigenvalue weighted by molar-refractivity contribution is 0.0710. The molecule has 2 aromatic rings. The van der Waals surface area contributed by atoms with Gasteiger partial charge in [-0.05, 0) is 56.2 Å². The molecule has 0 radical (unpaired) electrons. The molecule has 116 valence electrons. The Morgan fingerprint density at radius 1 is 1.41 bits per heavy atom. The number of fused-ring (bicyclic) bond motifs is 1. The third kappa shape index (κ3) is 2.37. The summed E-state index contributed by atoms with van der Waals surface area (Å²) in [5.74, 6) is 0.619. The molecule has 0 aromatic carbocycles. The average Bonchev–Trinajstić information content (AvgIpc) is 3.21. The molecule has 1 N–H and O–H groups in total. The Hall–Kier alpha value is -1.62. The molecule has 2 aliphatic rings. The van der Waals surface area contributed by atoms with E-state index in [0.717, 1.165) is 43.6 Å². The minimum atomic E-state index is 0.223. The van der Waals surface area contributed by atoms with Gasteiger partial charge in [-0.1, -0.05) is 0 Å². The summed E-state index contributed by atoms with van der Waals surface area (Å²) in [6, 6.07) is 2.14. The van der Waals surface area contributed by atoms with Crippen molar-refractivity contribution in [2.24, 2.45) is 0 Å². The number of hydrogen-bond donors (Lipinski definition) is 1. The van der Waals surface area contributed by atoms with E-state index < -0.39 is 0 Å². The number of aryl methyl sites for hydroxylation is 3. The highest BCUT2D eigenvalue weighted by molar-refractivity contribution is 7.14. The molecule has 1 atom stereocenters. The number of thiophene rings is 1.